The number of aromatic hydroxyl groups is 1. The highest BCUT2D eigenvalue weighted by Gasteiger charge is 2.34. The van der Waals surface area contributed by atoms with Crippen LogP contribution in [0.2, 0.25) is 0 Å². The van der Waals surface area contributed by atoms with Gasteiger partial charge in [0.25, 0.3) is 5.56 Å². The third-order valence-electron chi connectivity index (χ3n) is 5.49. The monoisotopic (exact) mass is 468 g/mol. The van der Waals surface area contributed by atoms with Crippen LogP contribution in [0.25, 0.3) is 22.0 Å². The van der Waals surface area contributed by atoms with Gasteiger partial charge < -0.3 is 14.4 Å². The van der Waals surface area contributed by atoms with Crippen LogP contribution in [-0.2, 0) is 23.9 Å². The molecular weight excluding hydrogens is 449 g/mol. The summed E-state index contributed by atoms with van der Waals surface area (Å²) in [5.41, 5.74) is -1.56. The smallest absolute Gasteiger partial charge is 0.417 e. The highest BCUT2D eigenvalue weighted by molar-refractivity contribution is 5.99. The van der Waals surface area contributed by atoms with Gasteiger partial charge in [-0.3, -0.25) is 4.79 Å². The molecule has 0 bridgehead atoms. The number of carbonyl (C=O) groups is 1. The first-order valence-electron chi connectivity index (χ1n) is 10.3. The van der Waals surface area contributed by atoms with Crippen LogP contribution in [0, 0.1) is 0 Å². The summed E-state index contributed by atoms with van der Waals surface area (Å²) in [6.07, 6.45) is -3.07. The van der Waals surface area contributed by atoms with Gasteiger partial charge in [0.05, 0.1) is 24.4 Å². The third-order valence-corrected chi connectivity index (χ3v) is 5.49. The molecule has 0 saturated heterocycles. The maximum atomic E-state index is 13.7. The number of rotatable bonds is 5. The first kappa shape index (κ1) is 23.0. The second-order valence-electron chi connectivity index (χ2n) is 7.54. The van der Waals surface area contributed by atoms with E-state index in [4.69, 9.17) is 0 Å². The van der Waals surface area contributed by atoms with Gasteiger partial charge in [-0.1, -0.05) is 48.5 Å². The molecule has 9 heteroatoms. The van der Waals surface area contributed by atoms with Gasteiger partial charge in [-0.2, -0.15) is 13.2 Å². The van der Waals surface area contributed by atoms with Crippen molar-refractivity contribution in [2.75, 3.05) is 7.11 Å². The van der Waals surface area contributed by atoms with Crippen LogP contribution < -0.4 is 5.56 Å². The maximum absolute atomic E-state index is 13.7. The molecule has 0 unspecified atom stereocenters. The van der Waals surface area contributed by atoms with E-state index < -0.39 is 34.7 Å². The fourth-order valence-corrected chi connectivity index (χ4v) is 3.84. The Labute approximate surface area is 191 Å². The Morgan fingerprint density at radius 3 is 2.41 bits per heavy atom. The first-order chi connectivity index (χ1) is 16.2. The van der Waals surface area contributed by atoms with Crippen LogP contribution in [0.15, 0.2) is 71.7 Å². The highest BCUT2D eigenvalue weighted by atomic mass is 19.4. The summed E-state index contributed by atoms with van der Waals surface area (Å²) in [6, 6.07) is 15.1. The van der Waals surface area contributed by atoms with Crippen LogP contribution in [0.1, 0.15) is 21.6 Å². The fraction of sp³-hybridized carbons (Fsp3) is 0.160. The maximum Gasteiger partial charge on any atom is 0.417 e. The standard InChI is InChI=1S/C25H19F3N2O4/c1-34-24(33)21-22(31)18-13-17(16-9-5-6-10-19(16)25(26,27)28)23(32)30(20(18)14-29-21)12-11-15-7-3-2-4-8-15/h2-10,13-14,31H,11-12H2,1H3. The van der Waals surface area contributed by atoms with Crippen molar-refractivity contribution >= 4 is 16.9 Å². The van der Waals surface area contributed by atoms with E-state index in [9.17, 15) is 27.9 Å². The summed E-state index contributed by atoms with van der Waals surface area (Å²) in [6.45, 7) is 0.111. The number of fused-ring (bicyclic) bond motifs is 1. The predicted molar refractivity (Wildman–Crippen MR) is 120 cm³/mol. The molecule has 0 aliphatic rings. The minimum absolute atomic E-state index is 0.00930. The van der Waals surface area contributed by atoms with Gasteiger partial charge in [-0.05, 0) is 29.7 Å². The molecule has 4 aromatic rings. The number of hydrogen-bond acceptors (Lipinski definition) is 5. The summed E-state index contributed by atoms with van der Waals surface area (Å²) in [5, 5.41) is 10.8. The van der Waals surface area contributed by atoms with Crippen molar-refractivity contribution in [3.63, 3.8) is 0 Å². The number of halogens is 3. The summed E-state index contributed by atoms with van der Waals surface area (Å²) in [7, 11) is 1.11. The van der Waals surface area contributed by atoms with E-state index in [1.807, 2.05) is 30.3 Å². The number of methoxy groups -OCH3 is 1. The van der Waals surface area contributed by atoms with Crippen LogP contribution in [0.3, 0.4) is 0 Å². The Hall–Kier alpha value is -4.14. The van der Waals surface area contributed by atoms with Gasteiger partial charge in [0.2, 0.25) is 0 Å². The molecule has 0 atom stereocenters. The van der Waals surface area contributed by atoms with Crippen molar-refractivity contribution in [2.45, 2.75) is 19.1 Å². The van der Waals surface area contributed by atoms with E-state index in [-0.39, 0.29) is 28.6 Å². The molecule has 0 radical (unpaired) electrons. The summed E-state index contributed by atoms with van der Waals surface area (Å²) in [5.74, 6) is -1.50. The van der Waals surface area contributed by atoms with Gasteiger partial charge in [0.15, 0.2) is 11.4 Å². The molecule has 0 amide bonds. The quantitative estimate of drug-likeness (QED) is 0.425. The van der Waals surface area contributed by atoms with Crippen molar-refractivity contribution < 1.29 is 27.8 Å². The average Bonchev–Trinajstić information content (AvgIpc) is 2.83. The van der Waals surface area contributed by atoms with Gasteiger partial charge in [0, 0.05) is 17.5 Å². The molecule has 2 aromatic carbocycles. The second-order valence-corrected chi connectivity index (χ2v) is 7.54. The molecular formula is C25H19F3N2O4. The lowest BCUT2D eigenvalue weighted by Gasteiger charge is -2.17. The topological polar surface area (TPSA) is 81.4 Å². The Balaban J connectivity index is 2.00. The number of hydrogen-bond donors (Lipinski definition) is 1. The van der Waals surface area contributed by atoms with Crippen molar-refractivity contribution in [3.8, 4) is 16.9 Å². The molecule has 0 aliphatic carbocycles. The van der Waals surface area contributed by atoms with Crippen LogP contribution in [-0.4, -0.2) is 27.7 Å². The summed E-state index contributed by atoms with van der Waals surface area (Å²) in [4.78, 5) is 29.4. The lowest BCUT2D eigenvalue weighted by Crippen LogP contribution is -2.24. The number of alkyl halides is 3. The number of ether oxygens (including phenoxy) is 1. The number of nitrogens with zero attached hydrogens (tertiary/aromatic N) is 2. The minimum atomic E-state index is -4.70. The molecule has 0 aliphatic heterocycles. The zero-order chi connectivity index (χ0) is 24.5. The van der Waals surface area contributed by atoms with E-state index in [2.05, 4.69) is 9.72 Å². The molecule has 2 heterocycles. The Morgan fingerprint density at radius 2 is 1.74 bits per heavy atom. The molecule has 0 saturated carbocycles. The van der Waals surface area contributed by atoms with E-state index in [0.29, 0.717) is 6.42 Å². The molecule has 1 N–H and O–H groups in total. The third kappa shape index (κ3) is 4.24. The SMILES string of the molecule is COC(=O)c1ncc2c(cc(-c3ccccc3C(F)(F)F)c(=O)n2CCc2ccccc2)c1O. The van der Waals surface area contributed by atoms with Crippen molar-refractivity contribution in [2.24, 2.45) is 0 Å². The predicted octanol–water partition coefficient (Wildman–Crippen LogP) is 4.82. The van der Waals surface area contributed by atoms with Crippen LogP contribution >= 0.6 is 0 Å². The molecule has 4 rings (SSSR count). The lowest BCUT2D eigenvalue weighted by atomic mass is 9.98. The molecule has 34 heavy (non-hydrogen) atoms. The number of aromatic nitrogens is 2. The molecule has 2 aromatic heterocycles. The molecule has 6 nitrogen and oxygen atoms in total. The van der Waals surface area contributed by atoms with Crippen molar-refractivity contribution in [3.05, 3.63) is 94.0 Å². The van der Waals surface area contributed by atoms with E-state index in [1.165, 1.54) is 29.0 Å². The average molecular weight is 468 g/mol. The zero-order valence-corrected chi connectivity index (χ0v) is 18.0. The van der Waals surface area contributed by atoms with Gasteiger partial charge in [0.1, 0.15) is 0 Å². The largest absolute Gasteiger partial charge is 0.505 e. The number of aryl methyl sites for hydroxylation is 2. The second kappa shape index (κ2) is 9.01. The van der Waals surface area contributed by atoms with Crippen LogP contribution in [0.5, 0.6) is 5.75 Å². The Morgan fingerprint density at radius 1 is 1.06 bits per heavy atom. The van der Waals surface area contributed by atoms with E-state index in [0.717, 1.165) is 24.8 Å². The summed E-state index contributed by atoms with van der Waals surface area (Å²) >= 11 is 0. The molecule has 0 fully saturated rings. The lowest BCUT2D eigenvalue weighted by molar-refractivity contribution is -0.137. The molecule has 0 spiro atoms. The number of pyridine rings is 2. The van der Waals surface area contributed by atoms with Crippen molar-refractivity contribution in [1.29, 1.82) is 0 Å². The van der Waals surface area contributed by atoms with E-state index in [1.54, 1.807) is 0 Å². The Kier molecular flexibility index (Phi) is 6.10. The van der Waals surface area contributed by atoms with Gasteiger partial charge in [-0.25, -0.2) is 9.78 Å². The van der Waals surface area contributed by atoms with E-state index >= 15 is 0 Å². The normalized spacial score (nSPS) is 11.5. The number of benzene rings is 2. The van der Waals surface area contributed by atoms with Crippen LogP contribution in [0.4, 0.5) is 13.2 Å². The number of carbonyl (C=O) groups excluding carboxylic acids is 1. The highest BCUT2D eigenvalue weighted by Crippen LogP contribution is 2.37. The fourth-order valence-electron chi connectivity index (χ4n) is 3.84. The summed E-state index contributed by atoms with van der Waals surface area (Å²) < 4.78 is 47.0. The van der Waals surface area contributed by atoms with Gasteiger partial charge >= 0.3 is 12.1 Å². The zero-order valence-electron chi connectivity index (χ0n) is 18.0. The first-order valence-corrected chi connectivity index (χ1v) is 10.3. The number of esters is 1. The minimum Gasteiger partial charge on any atom is -0.505 e. The molecule has 174 valence electrons. The van der Waals surface area contributed by atoms with Gasteiger partial charge in [-0.15, -0.1) is 0 Å². The van der Waals surface area contributed by atoms with Crippen molar-refractivity contribution in [1.82, 2.24) is 9.55 Å². The Bertz CT molecular complexity index is 1430.